The number of nitrogens with zero attached hydrogens (tertiary/aromatic N) is 3. The van der Waals surface area contributed by atoms with Crippen LogP contribution in [0.4, 0.5) is 0 Å². The molecule has 0 saturated heterocycles. The van der Waals surface area contributed by atoms with Crippen LogP contribution in [0.1, 0.15) is 45.1 Å². The lowest BCUT2D eigenvalue weighted by molar-refractivity contribution is -0.118. The van der Waals surface area contributed by atoms with Gasteiger partial charge in [-0.05, 0) is 26.3 Å². The van der Waals surface area contributed by atoms with E-state index in [1.54, 1.807) is 0 Å². The van der Waals surface area contributed by atoms with Crippen molar-refractivity contribution < 1.29 is 4.79 Å². The highest BCUT2D eigenvalue weighted by molar-refractivity contribution is 7.99. The molecule has 0 atom stereocenters. The summed E-state index contributed by atoms with van der Waals surface area (Å²) in [6.45, 7) is 7.85. The summed E-state index contributed by atoms with van der Waals surface area (Å²) >= 11 is 1.45. The second-order valence-electron chi connectivity index (χ2n) is 6.12. The molecule has 25 heavy (non-hydrogen) atoms. The number of hydrogen-bond acceptors (Lipinski definition) is 4. The van der Waals surface area contributed by atoms with Gasteiger partial charge in [-0.3, -0.25) is 4.79 Å². The van der Waals surface area contributed by atoms with Crippen LogP contribution < -0.4 is 5.32 Å². The molecule has 0 aliphatic carbocycles. The summed E-state index contributed by atoms with van der Waals surface area (Å²) in [5.74, 6) is 1.29. The molecular formula is C19H28N4OS. The number of benzene rings is 1. The molecule has 0 spiro atoms. The van der Waals surface area contributed by atoms with Gasteiger partial charge in [0.2, 0.25) is 5.91 Å². The van der Waals surface area contributed by atoms with Crippen LogP contribution in [0.15, 0.2) is 29.4 Å². The summed E-state index contributed by atoms with van der Waals surface area (Å²) in [5, 5.41) is 12.4. The molecule has 0 bridgehead atoms. The molecule has 5 nitrogen and oxygen atoms in total. The standard InChI is InChI=1S/C19H28N4OS/c1-4-6-7-8-12-20-17(24)14-25-19-22-21-18(23(19)5-2)16-11-9-10-15(3)13-16/h9-11,13H,4-8,12,14H2,1-3H3,(H,20,24). The molecule has 0 fully saturated rings. The Kier molecular flexibility index (Phi) is 7.98. The van der Waals surface area contributed by atoms with Crippen molar-refractivity contribution in [1.82, 2.24) is 20.1 Å². The lowest BCUT2D eigenvalue weighted by Crippen LogP contribution is -2.26. The number of aryl methyl sites for hydroxylation is 1. The van der Waals surface area contributed by atoms with Crippen LogP contribution >= 0.6 is 11.8 Å². The first-order chi connectivity index (χ1) is 12.2. The third kappa shape index (κ3) is 5.88. The van der Waals surface area contributed by atoms with Crippen molar-refractivity contribution in [2.45, 2.75) is 58.2 Å². The van der Waals surface area contributed by atoms with E-state index in [4.69, 9.17) is 0 Å². The van der Waals surface area contributed by atoms with E-state index in [1.165, 1.54) is 36.6 Å². The first-order valence-electron chi connectivity index (χ1n) is 9.05. The van der Waals surface area contributed by atoms with E-state index < -0.39 is 0 Å². The molecule has 0 aliphatic rings. The van der Waals surface area contributed by atoms with Crippen molar-refractivity contribution in [3.05, 3.63) is 29.8 Å². The van der Waals surface area contributed by atoms with Gasteiger partial charge in [-0.15, -0.1) is 10.2 Å². The number of aromatic nitrogens is 3. The highest BCUT2D eigenvalue weighted by Crippen LogP contribution is 2.24. The van der Waals surface area contributed by atoms with Gasteiger partial charge in [0.15, 0.2) is 11.0 Å². The van der Waals surface area contributed by atoms with E-state index in [1.807, 2.05) is 12.1 Å². The first kappa shape index (κ1) is 19.5. The molecule has 1 N–H and O–H groups in total. The van der Waals surface area contributed by atoms with E-state index in [-0.39, 0.29) is 5.91 Å². The van der Waals surface area contributed by atoms with Gasteiger partial charge >= 0.3 is 0 Å². The molecule has 0 unspecified atom stereocenters. The van der Waals surface area contributed by atoms with Crippen molar-refractivity contribution in [3.63, 3.8) is 0 Å². The Morgan fingerprint density at radius 1 is 1.20 bits per heavy atom. The van der Waals surface area contributed by atoms with Gasteiger partial charge in [-0.2, -0.15) is 0 Å². The van der Waals surface area contributed by atoms with Gasteiger partial charge in [0, 0.05) is 18.7 Å². The molecule has 0 saturated carbocycles. The van der Waals surface area contributed by atoms with E-state index in [0.717, 1.165) is 36.1 Å². The van der Waals surface area contributed by atoms with Crippen molar-refractivity contribution in [2.75, 3.05) is 12.3 Å². The molecule has 1 heterocycles. The predicted octanol–water partition coefficient (Wildman–Crippen LogP) is 4.06. The fraction of sp³-hybridized carbons (Fsp3) is 0.526. The van der Waals surface area contributed by atoms with Gasteiger partial charge < -0.3 is 9.88 Å². The maximum atomic E-state index is 12.0. The fourth-order valence-electron chi connectivity index (χ4n) is 2.64. The van der Waals surface area contributed by atoms with Gasteiger partial charge in [0.25, 0.3) is 0 Å². The number of hydrogen-bond donors (Lipinski definition) is 1. The van der Waals surface area contributed by atoms with Crippen LogP contribution in [0.2, 0.25) is 0 Å². The van der Waals surface area contributed by atoms with Crippen LogP contribution in [0.3, 0.4) is 0 Å². The maximum Gasteiger partial charge on any atom is 0.230 e. The minimum Gasteiger partial charge on any atom is -0.355 e. The summed E-state index contributed by atoms with van der Waals surface area (Å²) in [5.41, 5.74) is 2.25. The Morgan fingerprint density at radius 3 is 2.76 bits per heavy atom. The zero-order valence-corrected chi connectivity index (χ0v) is 16.2. The largest absolute Gasteiger partial charge is 0.355 e. The maximum absolute atomic E-state index is 12.0. The summed E-state index contributed by atoms with van der Waals surface area (Å²) in [6.07, 6.45) is 4.66. The SMILES string of the molecule is CCCCCCNC(=O)CSc1nnc(-c2cccc(C)c2)n1CC. The average Bonchev–Trinajstić information content (AvgIpc) is 3.02. The second kappa shape index (κ2) is 10.2. The normalized spacial score (nSPS) is 10.8. The molecule has 6 heteroatoms. The molecule has 1 amide bonds. The highest BCUT2D eigenvalue weighted by Gasteiger charge is 2.14. The van der Waals surface area contributed by atoms with Crippen LogP contribution in [-0.4, -0.2) is 33.0 Å². The number of thioether (sulfide) groups is 1. The Bertz CT molecular complexity index is 684. The Balaban J connectivity index is 1.91. The van der Waals surface area contributed by atoms with Crippen molar-refractivity contribution in [2.24, 2.45) is 0 Å². The van der Waals surface area contributed by atoms with E-state index in [0.29, 0.717) is 5.75 Å². The summed E-state index contributed by atoms with van der Waals surface area (Å²) in [6, 6.07) is 8.24. The smallest absolute Gasteiger partial charge is 0.230 e. The number of amides is 1. The molecule has 1 aromatic heterocycles. The van der Waals surface area contributed by atoms with Crippen molar-refractivity contribution >= 4 is 17.7 Å². The molecule has 0 aliphatic heterocycles. The number of unbranched alkanes of at least 4 members (excludes halogenated alkanes) is 3. The van der Waals surface area contributed by atoms with Gasteiger partial charge in [0.1, 0.15) is 0 Å². The molecule has 136 valence electrons. The molecule has 2 aromatic rings. The average molecular weight is 361 g/mol. The number of carbonyl (C=O) groups is 1. The van der Waals surface area contributed by atoms with Crippen LogP contribution in [0.25, 0.3) is 11.4 Å². The number of rotatable bonds is 10. The Morgan fingerprint density at radius 2 is 2.04 bits per heavy atom. The highest BCUT2D eigenvalue weighted by atomic mass is 32.2. The van der Waals surface area contributed by atoms with Gasteiger partial charge in [-0.1, -0.05) is 61.7 Å². The number of nitrogens with one attached hydrogen (secondary N) is 1. The summed E-state index contributed by atoms with van der Waals surface area (Å²) in [4.78, 5) is 12.0. The van der Waals surface area contributed by atoms with Crippen LogP contribution in [0.5, 0.6) is 0 Å². The van der Waals surface area contributed by atoms with Gasteiger partial charge in [-0.25, -0.2) is 0 Å². The predicted molar refractivity (Wildman–Crippen MR) is 104 cm³/mol. The van der Waals surface area contributed by atoms with Crippen molar-refractivity contribution in [1.29, 1.82) is 0 Å². The second-order valence-corrected chi connectivity index (χ2v) is 7.06. The van der Waals surface area contributed by atoms with E-state index in [9.17, 15) is 4.79 Å². The third-order valence-electron chi connectivity index (χ3n) is 3.99. The number of carbonyl (C=O) groups excluding carboxylic acids is 1. The Hall–Kier alpha value is -1.82. The molecule has 1 aromatic carbocycles. The quantitative estimate of drug-likeness (QED) is 0.513. The summed E-state index contributed by atoms with van der Waals surface area (Å²) < 4.78 is 2.06. The van der Waals surface area contributed by atoms with Crippen LogP contribution in [0, 0.1) is 6.92 Å². The summed E-state index contributed by atoms with van der Waals surface area (Å²) in [7, 11) is 0. The first-order valence-corrected chi connectivity index (χ1v) is 10.0. The van der Waals surface area contributed by atoms with E-state index in [2.05, 4.69) is 53.0 Å². The van der Waals surface area contributed by atoms with Crippen LogP contribution in [-0.2, 0) is 11.3 Å². The van der Waals surface area contributed by atoms with Crippen molar-refractivity contribution in [3.8, 4) is 11.4 Å². The molecule has 2 rings (SSSR count). The van der Waals surface area contributed by atoms with E-state index >= 15 is 0 Å². The zero-order chi connectivity index (χ0) is 18.1. The minimum atomic E-state index is 0.0595. The van der Waals surface area contributed by atoms with Gasteiger partial charge in [0.05, 0.1) is 5.75 Å². The monoisotopic (exact) mass is 360 g/mol. The Labute approximate surface area is 154 Å². The topological polar surface area (TPSA) is 59.8 Å². The molecular weight excluding hydrogens is 332 g/mol. The molecule has 0 radical (unpaired) electrons. The lowest BCUT2D eigenvalue weighted by atomic mass is 10.1. The third-order valence-corrected chi connectivity index (χ3v) is 4.96. The zero-order valence-electron chi connectivity index (χ0n) is 15.4. The minimum absolute atomic E-state index is 0.0595. The lowest BCUT2D eigenvalue weighted by Gasteiger charge is -2.08. The fourth-order valence-corrected chi connectivity index (χ4v) is 3.47.